The minimum atomic E-state index is -4.49. The number of hydrogen-bond donors (Lipinski definition) is 0. The van der Waals surface area contributed by atoms with E-state index in [1.807, 2.05) is 6.07 Å². The van der Waals surface area contributed by atoms with E-state index < -0.39 is 12.8 Å². The molecule has 120 valence electrons. The van der Waals surface area contributed by atoms with E-state index in [2.05, 4.69) is 0 Å². The number of ether oxygens (including phenoxy) is 1. The van der Waals surface area contributed by atoms with E-state index in [0.717, 1.165) is 0 Å². The highest BCUT2D eigenvalue weighted by molar-refractivity contribution is 6.36. The second-order valence-corrected chi connectivity index (χ2v) is 5.72. The van der Waals surface area contributed by atoms with Crippen LogP contribution in [-0.2, 0) is 0 Å². The summed E-state index contributed by atoms with van der Waals surface area (Å²) in [7, 11) is 0. The zero-order chi connectivity index (χ0) is 17.2. The zero-order valence-corrected chi connectivity index (χ0v) is 13.5. The average molecular weight is 381 g/mol. The molecule has 0 fully saturated rings. The van der Waals surface area contributed by atoms with Gasteiger partial charge >= 0.3 is 6.18 Å². The molecule has 0 atom stereocenters. The molecule has 0 aliphatic heterocycles. The van der Waals surface area contributed by atoms with Gasteiger partial charge in [0.15, 0.2) is 6.61 Å². The Bertz CT molecular complexity index is 785. The summed E-state index contributed by atoms with van der Waals surface area (Å²) in [5, 5.41) is 9.58. The van der Waals surface area contributed by atoms with Crippen molar-refractivity contribution in [3.63, 3.8) is 0 Å². The zero-order valence-electron chi connectivity index (χ0n) is 11.2. The molecule has 0 spiro atoms. The number of nitrogens with zero attached hydrogens (tertiary/aromatic N) is 1. The molecule has 23 heavy (non-hydrogen) atoms. The van der Waals surface area contributed by atoms with Crippen molar-refractivity contribution in [2.24, 2.45) is 0 Å². The highest BCUT2D eigenvalue weighted by atomic mass is 35.5. The molecule has 2 aromatic rings. The van der Waals surface area contributed by atoms with Crippen LogP contribution in [0.25, 0.3) is 11.1 Å². The van der Waals surface area contributed by atoms with Crippen molar-refractivity contribution in [1.82, 2.24) is 0 Å². The molecule has 0 saturated carbocycles. The van der Waals surface area contributed by atoms with E-state index in [1.165, 1.54) is 30.3 Å². The van der Waals surface area contributed by atoms with E-state index in [4.69, 9.17) is 44.8 Å². The quantitative estimate of drug-likeness (QED) is 0.642. The van der Waals surface area contributed by atoms with E-state index >= 15 is 0 Å². The van der Waals surface area contributed by atoms with Crippen molar-refractivity contribution in [3.05, 3.63) is 51.0 Å². The molecule has 2 rings (SSSR count). The van der Waals surface area contributed by atoms with Crippen LogP contribution < -0.4 is 4.74 Å². The highest BCUT2D eigenvalue weighted by Crippen LogP contribution is 2.40. The maximum atomic E-state index is 12.4. The molecule has 0 amide bonds. The van der Waals surface area contributed by atoms with Gasteiger partial charge in [0.25, 0.3) is 0 Å². The van der Waals surface area contributed by atoms with Crippen LogP contribution in [0.4, 0.5) is 13.2 Å². The van der Waals surface area contributed by atoms with Crippen molar-refractivity contribution < 1.29 is 17.9 Å². The molecule has 0 radical (unpaired) electrons. The van der Waals surface area contributed by atoms with Gasteiger partial charge in [0.2, 0.25) is 0 Å². The second kappa shape index (κ2) is 6.88. The number of halogens is 6. The highest BCUT2D eigenvalue weighted by Gasteiger charge is 2.29. The van der Waals surface area contributed by atoms with Crippen molar-refractivity contribution in [1.29, 1.82) is 5.26 Å². The second-order valence-electron chi connectivity index (χ2n) is 4.47. The lowest BCUT2D eigenvalue weighted by Gasteiger charge is -2.15. The third-order valence-corrected chi connectivity index (χ3v) is 3.64. The van der Waals surface area contributed by atoms with Crippen LogP contribution in [0.15, 0.2) is 30.3 Å². The van der Waals surface area contributed by atoms with Gasteiger partial charge < -0.3 is 4.74 Å². The summed E-state index contributed by atoms with van der Waals surface area (Å²) in [5.41, 5.74) is 0.567. The van der Waals surface area contributed by atoms with Crippen LogP contribution in [0.2, 0.25) is 15.1 Å². The van der Waals surface area contributed by atoms with Crippen LogP contribution in [0.5, 0.6) is 5.75 Å². The number of rotatable bonds is 3. The van der Waals surface area contributed by atoms with Crippen molar-refractivity contribution >= 4 is 34.8 Å². The topological polar surface area (TPSA) is 33.0 Å². The Balaban J connectivity index is 2.57. The Hall–Kier alpha value is -1.61. The Labute approximate surface area is 144 Å². The van der Waals surface area contributed by atoms with Crippen LogP contribution >= 0.6 is 34.8 Å². The fraction of sp³-hybridized carbons (Fsp3) is 0.133. The van der Waals surface area contributed by atoms with Gasteiger partial charge in [-0.15, -0.1) is 0 Å². The summed E-state index contributed by atoms with van der Waals surface area (Å²) < 4.78 is 41.9. The van der Waals surface area contributed by atoms with E-state index in [9.17, 15) is 13.2 Å². The minimum Gasteiger partial charge on any atom is -0.483 e. The van der Waals surface area contributed by atoms with Crippen molar-refractivity contribution in [3.8, 4) is 22.9 Å². The first-order chi connectivity index (χ1) is 10.7. The Morgan fingerprint density at radius 3 is 2.26 bits per heavy atom. The number of benzene rings is 2. The van der Waals surface area contributed by atoms with Gasteiger partial charge in [0.1, 0.15) is 11.8 Å². The van der Waals surface area contributed by atoms with E-state index in [0.29, 0.717) is 0 Å². The third kappa shape index (κ3) is 4.44. The van der Waals surface area contributed by atoms with Crippen LogP contribution in [0.3, 0.4) is 0 Å². The van der Waals surface area contributed by atoms with Gasteiger partial charge in [-0.3, -0.25) is 0 Å². The molecule has 0 heterocycles. The largest absolute Gasteiger partial charge is 0.483 e. The number of hydrogen-bond acceptors (Lipinski definition) is 2. The predicted molar refractivity (Wildman–Crippen MR) is 83.2 cm³/mol. The standard InChI is InChI=1S/C15H7Cl3F3NO/c16-9-1-2-13(23-7-15(19,20)21)11(4-9)12-5-10(17)3-8(6-22)14(12)18/h1-5H,7H2. The molecule has 2 nitrogen and oxygen atoms in total. The lowest BCUT2D eigenvalue weighted by Crippen LogP contribution is -2.19. The fourth-order valence-corrected chi connectivity index (χ4v) is 2.51. The first-order valence-corrected chi connectivity index (χ1v) is 7.23. The Morgan fingerprint density at radius 2 is 1.65 bits per heavy atom. The van der Waals surface area contributed by atoms with Gasteiger partial charge in [0, 0.05) is 21.2 Å². The fourth-order valence-electron chi connectivity index (χ4n) is 1.86. The molecular formula is C15H7Cl3F3NO. The van der Waals surface area contributed by atoms with Crippen molar-refractivity contribution in [2.75, 3.05) is 6.61 Å². The summed E-state index contributed by atoms with van der Waals surface area (Å²) in [6, 6.07) is 8.73. The lowest BCUT2D eigenvalue weighted by atomic mass is 10.0. The van der Waals surface area contributed by atoms with Gasteiger partial charge in [0.05, 0.1) is 10.6 Å². The van der Waals surface area contributed by atoms with Gasteiger partial charge in [-0.25, -0.2) is 0 Å². The molecule has 0 aromatic heterocycles. The summed E-state index contributed by atoms with van der Waals surface area (Å²) in [4.78, 5) is 0. The van der Waals surface area contributed by atoms with Crippen molar-refractivity contribution in [2.45, 2.75) is 6.18 Å². The molecule has 2 aromatic carbocycles. The molecular weight excluding hydrogens is 374 g/mol. The SMILES string of the molecule is N#Cc1cc(Cl)cc(-c2cc(Cl)ccc2OCC(F)(F)F)c1Cl. The maximum absolute atomic E-state index is 12.4. The number of alkyl halides is 3. The van der Waals surface area contributed by atoms with Crippen LogP contribution in [-0.4, -0.2) is 12.8 Å². The molecule has 0 unspecified atom stereocenters. The summed E-state index contributed by atoms with van der Waals surface area (Å²) in [5.74, 6) is -0.0696. The lowest BCUT2D eigenvalue weighted by molar-refractivity contribution is -0.153. The molecule has 0 N–H and O–H groups in total. The van der Waals surface area contributed by atoms with Crippen LogP contribution in [0, 0.1) is 11.3 Å². The smallest absolute Gasteiger partial charge is 0.422 e. The molecule has 0 bridgehead atoms. The van der Waals surface area contributed by atoms with Crippen LogP contribution in [0.1, 0.15) is 5.56 Å². The maximum Gasteiger partial charge on any atom is 0.422 e. The number of nitriles is 1. The Morgan fingerprint density at radius 1 is 1.00 bits per heavy atom. The van der Waals surface area contributed by atoms with E-state index in [-0.39, 0.29) is 37.5 Å². The average Bonchev–Trinajstić information content (AvgIpc) is 2.47. The molecule has 0 aliphatic rings. The molecule has 0 aliphatic carbocycles. The van der Waals surface area contributed by atoms with Gasteiger partial charge in [-0.1, -0.05) is 34.8 Å². The first kappa shape index (κ1) is 17.7. The normalized spacial score (nSPS) is 11.2. The third-order valence-electron chi connectivity index (χ3n) is 2.78. The van der Waals surface area contributed by atoms with Gasteiger partial charge in [-0.2, -0.15) is 18.4 Å². The minimum absolute atomic E-state index is 0.0519. The van der Waals surface area contributed by atoms with Gasteiger partial charge in [-0.05, 0) is 30.3 Å². The summed E-state index contributed by atoms with van der Waals surface area (Å²) in [6.45, 7) is -1.47. The molecule has 8 heteroatoms. The molecule has 0 saturated heterocycles. The first-order valence-electron chi connectivity index (χ1n) is 6.10. The predicted octanol–water partition coefficient (Wildman–Crippen LogP) is 6.13. The monoisotopic (exact) mass is 379 g/mol. The Kier molecular flexibility index (Phi) is 5.30. The summed E-state index contributed by atoms with van der Waals surface area (Å²) in [6.07, 6.45) is -4.49. The van der Waals surface area contributed by atoms with E-state index in [1.54, 1.807) is 0 Å². The summed E-state index contributed by atoms with van der Waals surface area (Å²) >= 11 is 18.0.